The molecular formula is C22H16FN3O2. The zero-order chi connectivity index (χ0) is 19.5. The van der Waals surface area contributed by atoms with Crippen LogP contribution in [0, 0.1) is 5.82 Å². The lowest BCUT2D eigenvalue weighted by atomic mass is 9.94. The van der Waals surface area contributed by atoms with Gasteiger partial charge in [0, 0.05) is 11.1 Å². The van der Waals surface area contributed by atoms with E-state index in [4.69, 9.17) is 10.2 Å². The van der Waals surface area contributed by atoms with Gasteiger partial charge in [0.15, 0.2) is 0 Å². The third kappa shape index (κ3) is 3.45. The highest BCUT2D eigenvalue weighted by Gasteiger charge is 2.15. The molecule has 0 radical (unpaired) electrons. The number of hydrogen-bond acceptors (Lipinski definition) is 5. The monoisotopic (exact) mass is 373 g/mol. The Labute approximate surface area is 160 Å². The molecule has 0 fully saturated rings. The first-order chi connectivity index (χ1) is 13.7. The summed E-state index contributed by atoms with van der Waals surface area (Å²) in [5.41, 5.74) is 10.4. The number of aromatic nitrogens is 2. The molecule has 1 aromatic heterocycles. The second-order valence-electron chi connectivity index (χ2n) is 6.21. The summed E-state index contributed by atoms with van der Waals surface area (Å²) in [6.07, 6.45) is 0.807. The fraction of sp³-hybridized carbons (Fsp3) is 0.0455. The van der Waals surface area contributed by atoms with Crippen LogP contribution in [0.2, 0.25) is 0 Å². The molecule has 0 aliphatic heterocycles. The normalized spacial score (nSPS) is 10.8. The lowest BCUT2D eigenvalue weighted by molar-refractivity contribution is 0.112. The molecule has 0 bridgehead atoms. The molecule has 4 rings (SSSR count). The summed E-state index contributed by atoms with van der Waals surface area (Å²) in [7, 11) is 0. The number of carbonyl (C=O) groups is 1. The molecule has 0 aliphatic carbocycles. The van der Waals surface area contributed by atoms with Gasteiger partial charge < -0.3 is 10.2 Å². The van der Waals surface area contributed by atoms with Crippen LogP contribution in [0.3, 0.4) is 0 Å². The van der Waals surface area contributed by atoms with Crippen LogP contribution in [0.4, 0.5) is 4.39 Å². The van der Waals surface area contributed by atoms with Gasteiger partial charge in [0.25, 0.3) is 0 Å². The Balaban J connectivity index is 1.86. The molecule has 2 N–H and O–H groups in total. The zero-order valence-electron chi connectivity index (χ0n) is 14.8. The van der Waals surface area contributed by atoms with Crippen LogP contribution in [0.5, 0.6) is 0 Å². The Morgan fingerprint density at radius 1 is 0.857 bits per heavy atom. The van der Waals surface area contributed by atoms with Gasteiger partial charge in [0.05, 0.1) is 6.54 Å². The van der Waals surface area contributed by atoms with Crippen molar-refractivity contribution in [3.63, 3.8) is 0 Å². The van der Waals surface area contributed by atoms with Crippen LogP contribution < -0.4 is 5.73 Å². The van der Waals surface area contributed by atoms with Gasteiger partial charge in [-0.2, -0.15) is 0 Å². The lowest BCUT2D eigenvalue weighted by Gasteiger charge is -2.11. The fourth-order valence-electron chi connectivity index (χ4n) is 2.98. The van der Waals surface area contributed by atoms with E-state index in [9.17, 15) is 9.18 Å². The second kappa shape index (κ2) is 7.54. The van der Waals surface area contributed by atoms with E-state index in [0.717, 1.165) is 34.1 Å². The van der Waals surface area contributed by atoms with Gasteiger partial charge >= 0.3 is 0 Å². The predicted octanol–water partition coefficient (Wildman–Crippen LogP) is 4.48. The quantitative estimate of drug-likeness (QED) is 0.522. The van der Waals surface area contributed by atoms with Gasteiger partial charge in [-0.1, -0.05) is 42.5 Å². The third-order valence-electron chi connectivity index (χ3n) is 4.43. The fourth-order valence-corrected chi connectivity index (χ4v) is 2.98. The van der Waals surface area contributed by atoms with Crippen molar-refractivity contribution in [3.05, 3.63) is 84.0 Å². The number of nitrogens with zero attached hydrogens (tertiary/aromatic N) is 2. The van der Waals surface area contributed by atoms with E-state index in [2.05, 4.69) is 10.2 Å². The van der Waals surface area contributed by atoms with E-state index in [1.807, 2.05) is 30.3 Å². The summed E-state index contributed by atoms with van der Waals surface area (Å²) in [6.45, 7) is 0.153. The minimum atomic E-state index is -0.311. The topological polar surface area (TPSA) is 82.0 Å². The summed E-state index contributed by atoms with van der Waals surface area (Å²) in [5, 5.41) is 8.00. The van der Waals surface area contributed by atoms with E-state index in [-0.39, 0.29) is 12.4 Å². The highest BCUT2D eigenvalue weighted by molar-refractivity contribution is 5.85. The summed E-state index contributed by atoms with van der Waals surface area (Å²) >= 11 is 0. The molecule has 3 aromatic carbocycles. The summed E-state index contributed by atoms with van der Waals surface area (Å²) < 4.78 is 19.0. The average molecular weight is 373 g/mol. The average Bonchev–Trinajstić information content (AvgIpc) is 3.23. The first-order valence-corrected chi connectivity index (χ1v) is 8.66. The molecular weight excluding hydrogens is 357 g/mol. The van der Waals surface area contributed by atoms with Crippen molar-refractivity contribution >= 4 is 6.29 Å². The third-order valence-corrected chi connectivity index (χ3v) is 4.43. The Morgan fingerprint density at radius 2 is 1.54 bits per heavy atom. The number of carbonyl (C=O) groups excluding carboxylic acids is 1. The van der Waals surface area contributed by atoms with Crippen molar-refractivity contribution in [1.29, 1.82) is 0 Å². The van der Waals surface area contributed by atoms with Gasteiger partial charge in [-0.05, 0) is 46.5 Å². The molecule has 0 atom stereocenters. The Kier molecular flexibility index (Phi) is 4.78. The first kappa shape index (κ1) is 17.8. The number of rotatable bonds is 5. The largest absolute Gasteiger partial charge is 0.419 e. The maximum Gasteiger partial charge on any atom is 0.248 e. The summed E-state index contributed by atoms with van der Waals surface area (Å²) in [5.74, 6) is 0.380. The highest BCUT2D eigenvalue weighted by atomic mass is 19.1. The standard InChI is InChI=1S/C22H16FN3O2/c23-18-8-5-16(6-9-18)20-11-17(15-3-1-14(13-27)2-4-15)7-10-19(20)22-26-25-21(12-24)28-22/h1-11,13H,12,24H2. The van der Waals surface area contributed by atoms with E-state index < -0.39 is 0 Å². The number of benzene rings is 3. The van der Waals surface area contributed by atoms with Gasteiger partial charge in [-0.3, -0.25) is 4.79 Å². The number of nitrogens with two attached hydrogens (primary N) is 1. The lowest BCUT2D eigenvalue weighted by Crippen LogP contribution is -1.95. The van der Waals surface area contributed by atoms with Gasteiger partial charge in [-0.15, -0.1) is 10.2 Å². The van der Waals surface area contributed by atoms with Crippen LogP contribution >= 0.6 is 0 Å². The maximum absolute atomic E-state index is 13.4. The second-order valence-corrected chi connectivity index (χ2v) is 6.21. The summed E-state index contributed by atoms with van der Waals surface area (Å²) in [4.78, 5) is 10.9. The van der Waals surface area contributed by atoms with E-state index in [1.165, 1.54) is 12.1 Å². The SMILES string of the molecule is NCc1nnc(-c2ccc(-c3ccc(C=O)cc3)cc2-c2ccc(F)cc2)o1. The van der Waals surface area contributed by atoms with E-state index in [0.29, 0.717) is 17.3 Å². The molecule has 0 saturated carbocycles. The van der Waals surface area contributed by atoms with Crippen molar-refractivity contribution in [2.45, 2.75) is 6.54 Å². The smallest absolute Gasteiger partial charge is 0.248 e. The van der Waals surface area contributed by atoms with Crippen LogP contribution in [0.1, 0.15) is 16.2 Å². The van der Waals surface area contributed by atoms with Crippen LogP contribution in [0.15, 0.2) is 71.1 Å². The van der Waals surface area contributed by atoms with Crippen molar-refractivity contribution in [2.24, 2.45) is 5.73 Å². The number of aldehydes is 1. The van der Waals surface area contributed by atoms with Gasteiger partial charge in [-0.25, -0.2) is 4.39 Å². The minimum Gasteiger partial charge on any atom is -0.419 e. The number of hydrogen-bond donors (Lipinski definition) is 1. The molecule has 0 unspecified atom stereocenters. The highest BCUT2D eigenvalue weighted by Crippen LogP contribution is 2.35. The molecule has 0 spiro atoms. The molecule has 0 amide bonds. The Morgan fingerprint density at radius 3 is 2.18 bits per heavy atom. The summed E-state index contributed by atoms with van der Waals surface area (Å²) in [6, 6.07) is 19.3. The van der Waals surface area contributed by atoms with Crippen molar-refractivity contribution < 1.29 is 13.6 Å². The Hall–Kier alpha value is -3.64. The zero-order valence-corrected chi connectivity index (χ0v) is 14.8. The molecule has 4 aromatic rings. The van der Waals surface area contributed by atoms with E-state index >= 15 is 0 Å². The van der Waals surface area contributed by atoms with E-state index in [1.54, 1.807) is 24.3 Å². The molecule has 138 valence electrons. The predicted molar refractivity (Wildman–Crippen MR) is 104 cm³/mol. The van der Waals surface area contributed by atoms with Crippen LogP contribution in [-0.2, 0) is 6.54 Å². The molecule has 5 nitrogen and oxygen atoms in total. The molecule has 0 aliphatic rings. The van der Waals surface area contributed by atoms with Gasteiger partial charge in [0.1, 0.15) is 12.1 Å². The maximum atomic E-state index is 13.4. The molecule has 6 heteroatoms. The van der Waals surface area contributed by atoms with Crippen molar-refractivity contribution in [1.82, 2.24) is 10.2 Å². The van der Waals surface area contributed by atoms with Crippen LogP contribution in [0.25, 0.3) is 33.7 Å². The Bertz CT molecular complexity index is 1120. The first-order valence-electron chi connectivity index (χ1n) is 8.66. The molecule has 1 heterocycles. The molecule has 28 heavy (non-hydrogen) atoms. The van der Waals surface area contributed by atoms with Crippen LogP contribution in [-0.4, -0.2) is 16.5 Å². The van der Waals surface area contributed by atoms with Crippen molar-refractivity contribution in [2.75, 3.05) is 0 Å². The molecule has 0 saturated heterocycles. The van der Waals surface area contributed by atoms with Crippen molar-refractivity contribution in [3.8, 4) is 33.7 Å². The number of halogens is 1. The van der Waals surface area contributed by atoms with Gasteiger partial charge in [0.2, 0.25) is 11.8 Å². The minimum absolute atomic E-state index is 0.153.